The molecule has 1 N–H and O–H groups in total. The van der Waals surface area contributed by atoms with Crippen molar-refractivity contribution < 1.29 is 9.18 Å². The van der Waals surface area contributed by atoms with Gasteiger partial charge in [-0.2, -0.15) is 0 Å². The number of rotatable bonds is 9. The summed E-state index contributed by atoms with van der Waals surface area (Å²) in [7, 11) is 1.88. The summed E-state index contributed by atoms with van der Waals surface area (Å²) in [6.07, 6.45) is 0. The lowest BCUT2D eigenvalue weighted by atomic mass is 10.2. The van der Waals surface area contributed by atoms with Gasteiger partial charge in [-0.25, -0.2) is 4.39 Å². The molecule has 2 aromatic carbocycles. The Morgan fingerprint density at radius 1 is 1.10 bits per heavy atom. The standard InChI is InChI=1S/C22H26FN5OS/c1-4-28(5-2)18-12-10-16(11-13-18)21-25-26-22(27(21)3)30-15-20(29)24-14-17-8-6-7-9-19(17)23/h6-13H,4-5,14-15H2,1-3H3,(H,24,29). The fourth-order valence-electron chi connectivity index (χ4n) is 3.12. The average molecular weight is 428 g/mol. The van der Waals surface area contributed by atoms with Gasteiger partial charge in [0.2, 0.25) is 5.91 Å². The summed E-state index contributed by atoms with van der Waals surface area (Å²) in [5.41, 5.74) is 2.61. The lowest BCUT2D eigenvalue weighted by Gasteiger charge is -2.21. The second-order valence-corrected chi connectivity index (χ2v) is 7.68. The van der Waals surface area contributed by atoms with Gasteiger partial charge in [-0.05, 0) is 44.2 Å². The molecule has 1 amide bonds. The van der Waals surface area contributed by atoms with Gasteiger partial charge in [-0.3, -0.25) is 4.79 Å². The van der Waals surface area contributed by atoms with E-state index in [-0.39, 0.29) is 24.0 Å². The van der Waals surface area contributed by atoms with Crippen molar-refractivity contribution in [2.75, 3.05) is 23.7 Å². The van der Waals surface area contributed by atoms with E-state index in [0.717, 1.165) is 24.5 Å². The average Bonchev–Trinajstić information content (AvgIpc) is 3.13. The van der Waals surface area contributed by atoms with Crippen LogP contribution in [0.15, 0.2) is 53.7 Å². The Hall–Kier alpha value is -2.87. The molecule has 3 aromatic rings. The van der Waals surface area contributed by atoms with Crippen molar-refractivity contribution in [2.24, 2.45) is 7.05 Å². The summed E-state index contributed by atoms with van der Waals surface area (Å²) in [5, 5.41) is 11.9. The number of nitrogens with one attached hydrogen (secondary N) is 1. The van der Waals surface area contributed by atoms with Crippen LogP contribution in [0.5, 0.6) is 0 Å². The van der Waals surface area contributed by atoms with Crippen molar-refractivity contribution in [3.05, 3.63) is 59.9 Å². The summed E-state index contributed by atoms with van der Waals surface area (Å²) in [6.45, 7) is 6.35. The first kappa shape index (κ1) is 21.8. The quantitative estimate of drug-likeness (QED) is 0.525. The van der Waals surface area contributed by atoms with Crippen LogP contribution in [0.1, 0.15) is 19.4 Å². The first-order valence-corrected chi connectivity index (χ1v) is 10.9. The lowest BCUT2D eigenvalue weighted by molar-refractivity contribution is -0.118. The van der Waals surface area contributed by atoms with Crippen molar-refractivity contribution in [3.63, 3.8) is 0 Å². The van der Waals surface area contributed by atoms with Crippen LogP contribution in [0.25, 0.3) is 11.4 Å². The summed E-state index contributed by atoms with van der Waals surface area (Å²) in [4.78, 5) is 14.4. The minimum absolute atomic E-state index is 0.162. The predicted octanol–water partition coefficient (Wildman–Crippen LogP) is 3.88. The largest absolute Gasteiger partial charge is 0.372 e. The molecular formula is C22H26FN5OS. The molecule has 0 bridgehead atoms. The molecular weight excluding hydrogens is 401 g/mol. The third-order valence-corrected chi connectivity index (χ3v) is 5.88. The van der Waals surface area contributed by atoms with Gasteiger partial charge >= 0.3 is 0 Å². The Balaban J connectivity index is 1.58. The SMILES string of the molecule is CCN(CC)c1ccc(-c2nnc(SCC(=O)NCc3ccccc3F)n2C)cc1. The number of carbonyl (C=O) groups is 1. The summed E-state index contributed by atoms with van der Waals surface area (Å²) in [6, 6.07) is 14.6. The van der Waals surface area contributed by atoms with Gasteiger partial charge in [0, 0.05) is 43.5 Å². The predicted molar refractivity (Wildman–Crippen MR) is 119 cm³/mol. The molecule has 158 valence electrons. The fourth-order valence-corrected chi connectivity index (χ4v) is 3.86. The molecule has 0 saturated carbocycles. The van der Waals surface area contributed by atoms with E-state index >= 15 is 0 Å². The highest BCUT2D eigenvalue weighted by Gasteiger charge is 2.14. The highest BCUT2D eigenvalue weighted by atomic mass is 32.2. The number of hydrogen-bond acceptors (Lipinski definition) is 5. The molecule has 30 heavy (non-hydrogen) atoms. The van der Waals surface area contributed by atoms with Gasteiger partial charge in [0.15, 0.2) is 11.0 Å². The Morgan fingerprint density at radius 2 is 1.80 bits per heavy atom. The first-order chi connectivity index (χ1) is 14.5. The molecule has 0 aliphatic carbocycles. The number of carbonyl (C=O) groups excluding carboxylic acids is 1. The zero-order valence-corrected chi connectivity index (χ0v) is 18.2. The van der Waals surface area contributed by atoms with E-state index < -0.39 is 0 Å². The minimum Gasteiger partial charge on any atom is -0.372 e. The van der Waals surface area contributed by atoms with Crippen LogP contribution in [-0.2, 0) is 18.4 Å². The lowest BCUT2D eigenvalue weighted by Crippen LogP contribution is -2.25. The number of benzene rings is 2. The van der Waals surface area contributed by atoms with Crippen LogP contribution in [-0.4, -0.2) is 39.5 Å². The van der Waals surface area contributed by atoms with E-state index in [1.165, 1.54) is 23.5 Å². The smallest absolute Gasteiger partial charge is 0.230 e. The number of thioether (sulfide) groups is 1. The molecule has 3 rings (SSSR count). The van der Waals surface area contributed by atoms with Gasteiger partial charge in [0.25, 0.3) is 0 Å². The van der Waals surface area contributed by atoms with Gasteiger partial charge < -0.3 is 14.8 Å². The number of nitrogens with zero attached hydrogens (tertiary/aromatic N) is 4. The summed E-state index contributed by atoms with van der Waals surface area (Å²) in [5.74, 6) is 0.420. The highest BCUT2D eigenvalue weighted by Crippen LogP contribution is 2.25. The van der Waals surface area contributed by atoms with Crippen LogP contribution in [0, 0.1) is 5.82 Å². The highest BCUT2D eigenvalue weighted by molar-refractivity contribution is 7.99. The molecule has 0 fully saturated rings. The molecule has 0 aliphatic heterocycles. The monoisotopic (exact) mass is 427 g/mol. The minimum atomic E-state index is -0.324. The van der Waals surface area contributed by atoms with Crippen LogP contribution in [0.2, 0.25) is 0 Å². The molecule has 0 radical (unpaired) electrons. The van der Waals surface area contributed by atoms with Crippen molar-refractivity contribution in [1.29, 1.82) is 0 Å². The van der Waals surface area contributed by atoms with Gasteiger partial charge in [-0.15, -0.1) is 10.2 Å². The number of anilines is 1. The molecule has 0 atom stereocenters. The van der Waals surface area contributed by atoms with Crippen LogP contribution < -0.4 is 10.2 Å². The normalized spacial score (nSPS) is 10.8. The molecule has 8 heteroatoms. The Bertz CT molecular complexity index is 985. The van der Waals surface area contributed by atoms with E-state index in [4.69, 9.17) is 0 Å². The van der Waals surface area contributed by atoms with Gasteiger partial charge in [0.1, 0.15) is 5.82 Å². The second-order valence-electron chi connectivity index (χ2n) is 6.74. The third kappa shape index (κ3) is 5.18. The molecule has 0 spiro atoms. The van der Waals surface area contributed by atoms with E-state index in [1.807, 2.05) is 23.7 Å². The van der Waals surface area contributed by atoms with Crippen LogP contribution in [0.4, 0.5) is 10.1 Å². The van der Waals surface area contributed by atoms with E-state index in [2.05, 4.69) is 46.4 Å². The number of halogens is 1. The van der Waals surface area contributed by atoms with E-state index in [9.17, 15) is 9.18 Å². The Morgan fingerprint density at radius 3 is 2.47 bits per heavy atom. The molecule has 6 nitrogen and oxygen atoms in total. The van der Waals surface area contributed by atoms with Crippen molar-refractivity contribution in [3.8, 4) is 11.4 Å². The van der Waals surface area contributed by atoms with Crippen molar-refractivity contribution in [2.45, 2.75) is 25.5 Å². The van der Waals surface area contributed by atoms with Crippen LogP contribution in [0.3, 0.4) is 0 Å². The Kier molecular flexibility index (Phi) is 7.46. The fraction of sp³-hybridized carbons (Fsp3) is 0.318. The molecule has 1 aromatic heterocycles. The zero-order valence-electron chi connectivity index (χ0n) is 17.4. The maximum Gasteiger partial charge on any atom is 0.230 e. The molecule has 1 heterocycles. The maximum atomic E-state index is 13.6. The number of amides is 1. The van der Waals surface area contributed by atoms with Gasteiger partial charge in [0.05, 0.1) is 5.75 Å². The summed E-state index contributed by atoms with van der Waals surface area (Å²) >= 11 is 1.30. The summed E-state index contributed by atoms with van der Waals surface area (Å²) < 4.78 is 15.5. The zero-order chi connectivity index (χ0) is 21.5. The van der Waals surface area contributed by atoms with E-state index in [1.54, 1.807) is 18.2 Å². The topological polar surface area (TPSA) is 63.1 Å². The third-order valence-electron chi connectivity index (χ3n) is 4.86. The number of aromatic nitrogens is 3. The van der Waals surface area contributed by atoms with Crippen molar-refractivity contribution in [1.82, 2.24) is 20.1 Å². The Labute approximate surface area is 180 Å². The van der Waals surface area contributed by atoms with Gasteiger partial charge in [-0.1, -0.05) is 30.0 Å². The second kappa shape index (κ2) is 10.2. The number of hydrogen-bond donors (Lipinski definition) is 1. The molecule has 0 unspecified atom stereocenters. The molecule has 0 aliphatic rings. The first-order valence-electron chi connectivity index (χ1n) is 9.91. The maximum absolute atomic E-state index is 13.6. The van der Waals surface area contributed by atoms with Crippen molar-refractivity contribution >= 4 is 23.4 Å². The van der Waals surface area contributed by atoms with Crippen LogP contribution >= 0.6 is 11.8 Å². The molecule has 0 saturated heterocycles. The van der Waals surface area contributed by atoms with E-state index in [0.29, 0.717) is 10.7 Å².